The van der Waals surface area contributed by atoms with E-state index in [4.69, 9.17) is 4.99 Å². The second kappa shape index (κ2) is 8.96. The average Bonchev–Trinajstić information content (AvgIpc) is 3.50. The van der Waals surface area contributed by atoms with E-state index in [1.165, 1.54) is 28.1 Å². The summed E-state index contributed by atoms with van der Waals surface area (Å²) in [6, 6.07) is 48.9. The Morgan fingerprint density at radius 3 is 1.70 bits per heavy atom. The number of para-hydroxylation sites is 3. The Morgan fingerprint density at radius 1 is 0.459 bits per heavy atom. The van der Waals surface area contributed by atoms with Gasteiger partial charge >= 0.3 is 0 Å². The number of rotatable bonds is 3. The molecule has 2 aliphatic heterocycles. The number of hydrogen-bond acceptors (Lipinski definition) is 2. The van der Waals surface area contributed by atoms with E-state index in [9.17, 15) is 0 Å². The molecule has 0 unspecified atom stereocenters. The highest BCUT2D eigenvalue weighted by atomic mass is 15.3. The second-order valence-corrected chi connectivity index (χ2v) is 9.26. The summed E-state index contributed by atoms with van der Waals surface area (Å²) in [5, 5.41) is 0. The summed E-state index contributed by atoms with van der Waals surface area (Å²) in [7, 11) is 0. The zero-order valence-corrected chi connectivity index (χ0v) is 20.3. The molecule has 7 rings (SSSR count). The van der Waals surface area contributed by atoms with Gasteiger partial charge in [-0.3, -0.25) is 4.90 Å². The predicted octanol–water partition coefficient (Wildman–Crippen LogP) is 8.13. The van der Waals surface area contributed by atoms with Crippen LogP contribution in [-0.2, 0) is 6.54 Å². The Morgan fingerprint density at radius 2 is 1.00 bits per heavy atom. The van der Waals surface area contributed by atoms with E-state index in [0.29, 0.717) is 0 Å². The lowest BCUT2D eigenvalue weighted by atomic mass is 10.0. The molecule has 0 saturated carbocycles. The average molecular weight is 476 g/mol. The fourth-order valence-corrected chi connectivity index (χ4v) is 5.40. The highest BCUT2D eigenvalue weighted by molar-refractivity contribution is 6.29. The number of nitrogens with zero attached hydrogens (tertiary/aromatic N) is 3. The summed E-state index contributed by atoms with van der Waals surface area (Å²) in [6.07, 6.45) is 0. The van der Waals surface area contributed by atoms with E-state index >= 15 is 0 Å². The molecular weight excluding hydrogens is 450 g/mol. The molecule has 3 nitrogen and oxygen atoms in total. The number of fused-ring (bicyclic) bond motifs is 2. The van der Waals surface area contributed by atoms with Gasteiger partial charge < -0.3 is 4.90 Å². The van der Waals surface area contributed by atoms with Crippen LogP contribution in [0.3, 0.4) is 0 Å². The largest absolute Gasteiger partial charge is 0.335 e. The van der Waals surface area contributed by atoms with Gasteiger partial charge in [0.2, 0.25) is 0 Å². The van der Waals surface area contributed by atoms with Crippen LogP contribution in [0.2, 0.25) is 0 Å². The summed E-state index contributed by atoms with van der Waals surface area (Å²) in [5.74, 6) is 0.938. The van der Waals surface area contributed by atoms with Crippen LogP contribution >= 0.6 is 0 Å². The van der Waals surface area contributed by atoms with Crippen molar-refractivity contribution in [2.75, 3.05) is 9.80 Å². The second-order valence-electron chi connectivity index (χ2n) is 9.26. The lowest BCUT2D eigenvalue weighted by molar-refractivity contribution is 1.04. The SMILES string of the molecule is c1ccc(N=C2c3ccccc3/C(=C3\c4ccccc4CN3c3ccccc3)N2c2ccccc2)cc1. The zero-order chi connectivity index (χ0) is 24.6. The Labute approximate surface area is 217 Å². The molecule has 176 valence electrons. The van der Waals surface area contributed by atoms with Gasteiger partial charge in [-0.2, -0.15) is 0 Å². The van der Waals surface area contributed by atoms with Gasteiger partial charge in [0.25, 0.3) is 0 Å². The van der Waals surface area contributed by atoms with E-state index in [2.05, 4.69) is 131 Å². The maximum atomic E-state index is 5.22. The highest BCUT2D eigenvalue weighted by Gasteiger charge is 2.38. The molecule has 0 spiro atoms. The standard InChI is InChI=1S/C34H25N3/c1-4-15-26(16-5-1)35-34-31-23-13-12-22-30(31)33(37(34)28-19-8-3-9-20-28)32-29-21-11-10-14-25(29)24-36(32)27-17-6-2-7-18-27/h1-23H,24H2/b33-32-,35-34?. The summed E-state index contributed by atoms with van der Waals surface area (Å²) in [4.78, 5) is 10.0. The number of amidine groups is 1. The van der Waals surface area contributed by atoms with Crippen LogP contribution in [-0.4, -0.2) is 5.84 Å². The van der Waals surface area contributed by atoms with Crippen molar-refractivity contribution in [2.45, 2.75) is 6.54 Å². The molecule has 0 N–H and O–H groups in total. The molecule has 0 aliphatic carbocycles. The molecule has 5 aromatic rings. The molecule has 0 amide bonds. The number of hydrogen-bond donors (Lipinski definition) is 0. The topological polar surface area (TPSA) is 18.8 Å². The maximum absolute atomic E-state index is 5.22. The molecule has 0 bridgehead atoms. The molecule has 0 fully saturated rings. The molecule has 0 atom stereocenters. The van der Waals surface area contributed by atoms with E-state index in [0.717, 1.165) is 35.0 Å². The summed E-state index contributed by atoms with van der Waals surface area (Å²) in [5.41, 5.74) is 10.5. The van der Waals surface area contributed by atoms with Crippen molar-refractivity contribution in [3.63, 3.8) is 0 Å². The summed E-state index contributed by atoms with van der Waals surface area (Å²) in [6.45, 7) is 0.828. The first-order valence-corrected chi connectivity index (χ1v) is 12.6. The molecule has 0 aromatic heterocycles. The minimum absolute atomic E-state index is 0.828. The van der Waals surface area contributed by atoms with E-state index in [-0.39, 0.29) is 0 Å². The van der Waals surface area contributed by atoms with Gasteiger partial charge in [0.1, 0.15) is 5.84 Å². The monoisotopic (exact) mass is 475 g/mol. The van der Waals surface area contributed by atoms with Gasteiger partial charge in [0, 0.05) is 34.6 Å². The van der Waals surface area contributed by atoms with E-state index < -0.39 is 0 Å². The van der Waals surface area contributed by atoms with Gasteiger partial charge in [0.05, 0.1) is 17.1 Å². The molecule has 37 heavy (non-hydrogen) atoms. The van der Waals surface area contributed by atoms with Gasteiger partial charge in [-0.25, -0.2) is 4.99 Å². The zero-order valence-electron chi connectivity index (χ0n) is 20.3. The minimum Gasteiger partial charge on any atom is -0.335 e. The Balaban J connectivity index is 1.57. The van der Waals surface area contributed by atoms with Crippen LogP contribution in [0.1, 0.15) is 22.3 Å². The summed E-state index contributed by atoms with van der Waals surface area (Å²) >= 11 is 0. The molecule has 2 aliphatic rings. The molecule has 5 aromatic carbocycles. The molecule has 3 heteroatoms. The van der Waals surface area contributed by atoms with Gasteiger partial charge in [-0.05, 0) is 42.0 Å². The van der Waals surface area contributed by atoms with E-state index in [1.54, 1.807) is 0 Å². The molecule has 0 saturated heterocycles. The van der Waals surface area contributed by atoms with Crippen molar-refractivity contribution in [3.05, 3.63) is 162 Å². The third-order valence-corrected chi connectivity index (χ3v) is 7.03. The number of benzene rings is 5. The van der Waals surface area contributed by atoms with Crippen molar-refractivity contribution < 1.29 is 0 Å². The van der Waals surface area contributed by atoms with Gasteiger partial charge in [-0.15, -0.1) is 0 Å². The first-order valence-electron chi connectivity index (χ1n) is 12.6. The predicted molar refractivity (Wildman–Crippen MR) is 154 cm³/mol. The fourth-order valence-electron chi connectivity index (χ4n) is 5.40. The Hall–Kier alpha value is -4.89. The van der Waals surface area contributed by atoms with Crippen molar-refractivity contribution in [2.24, 2.45) is 4.99 Å². The van der Waals surface area contributed by atoms with Crippen LogP contribution in [0.5, 0.6) is 0 Å². The number of anilines is 2. The van der Waals surface area contributed by atoms with Gasteiger partial charge in [-0.1, -0.05) is 103 Å². The van der Waals surface area contributed by atoms with Crippen molar-refractivity contribution in [3.8, 4) is 0 Å². The minimum atomic E-state index is 0.828. The summed E-state index contributed by atoms with van der Waals surface area (Å²) < 4.78 is 0. The normalized spacial score (nSPS) is 17.2. The fraction of sp³-hybridized carbons (Fsp3) is 0.0294. The van der Waals surface area contributed by atoms with Crippen molar-refractivity contribution >= 4 is 34.3 Å². The molecule has 0 radical (unpaired) electrons. The van der Waals surface area contributed by atoms with E-state index in [1.807, 2.05) is 18.2 Å². The Kier molecular flexibility index (Phi) is 5.18. The lowest BCUT2D eigenvalue weighted by Gasteiger charge is -2.28. The first-order chi connectivity index (χ1) is 18.4. The first kappa shape index (κ1) is 21.4. The molecular formula is C34H25N3. The Bertz CT molecular complexity index is 1640. The highest BCUT2D eigenvalue weighted by Crippen LogP contribution is 2.47. The maximum Gasteiger partial charge on any atom is 0.146 e. The van der Waals surface area contributed by atoms with Crippen LogP contribution in [0.25, 0.3) is 11.4 Å². The van der Waals surface area contributed by atoms with Gasteiger partial charge in [0.15, 0.2) is 0 Å². The lowest BCUT2D eigenvalue weighted by Crippen LogP contribution is -2.26. The smallest absolute Gasteiger partial charge is 0.146 e. The van der Waals surface area contributed by atoms with Crippen molar-refractivity contribution in [1.82, 2.24) is 0 Å². The van der Waals surface area contributed by atoms with Crippen LogP contribution in [0.15, 0.2) is 145 Å². The van der Waals surface area contributed by atoms with Crippen LogP contribution in [0.4, 0.5) is 17.1 Å². The quantitative estimate of drug-likeness (QED) is 0.262. The van der Waals surface area contributed by atoms with Crippen molar-refractivity contribution in [1.29, 1.82) is 0 Å². The molecule has 2 heterocycles. The number of aliphatic imine (C=N–C) groups is 1. The third kappa shape index (κ3) is 3.64. The van der Waals surface area contributed by atoms with Crippen LogP contribution in [0, 0.1) is 0 Å². The van der Waals surface area contributed by atoms with Crippen LogP contribution < -0.4 is 9.80 Å². The third-order valence-electron chi connectivity index (χ3n) is 7.03.